The molecule has 2 aromatic carbocycles. The van der Waals surface area contributed by atoms with Crippen molar-refractivity contribution < 1.29 is 46.2 Å². The third kappa shape index (κ3) is 4.14. The van der Waals surface area contributed by atoms with Crippen LogP contribution in [0.1, 0.15) is 83.0 Å². The van der Waals surface area contributed by atoms with Crippen LogP contribution < -0.4 is 0 Å². The number of benzene rings is 2. The molecule has 4 aliphatic rings. The molecule has 2 heterocycles. The number of hydrogen-bond donors (Lipinski definition) is 0. The molecule has 2 aliphatic carbocycles. The maximum absolute atomic E-state index is 13.4. The average molecular weight is 595 g/mol. The molecule has 2 aromatic rings. The first-order valence-electron chi connectivity index (χ1n) is 13.1. The van der Waals surface area contributed by atoms with Crippen molar-refractivity contribution in [2.24, 2.45) is 11.8 Å². The number of carbonyl (C=O) groups excluding carboxylic acids is 7. The third-order valence-electron chi connectivity index (χ3n) is 8.34. The molecule has 6 rings (SSSR count). The molecule has 0 aromatic heterocycles. The predicted octanol–water partition coefficient (Wildman–Crippen LogP) is 1.53. The minimum atomic E-state index is -3.74. The van der Waals surface area contributed by atoms with Crippen LogP contribution in [0.4, 0.5) is 0 Å². The summed E-state index contributed by atoms with van der Waals surface area (Å²) >= 11 is 0. The predicted molar refractivity (Wildman–Crippen MR) is 143 cm³/mol. The highest BCUT2D eigenvalue weighted by molar-refractivity contribution is 7.93. The molecule has 10 nitrogen and oxygen atoms in total. The first-order valence-corrected chi connectivity index (χ1v) is 16.2. The fraction of sp³-hybridized carbons (Fsp3) is 0.345. The van der Waals surface area contributed by atoms with Gasteiger partial charge in [0.05, 0.1) is 11.0 Å². The van der Waals surface area contributed by atoms with E-state index in [1.807, 2.05) is 0 Å². The molecule has 210 valence electrons. The fourth-order valence-corrected chi connectivity index (χ4v) is 9.62. The van der Waals surface area contributed by atoms with Gasteiger partial charge in [-0.3, -0.25) is 37.8 Å². The van der Waals surface area contributed by atoms with Gasteiger partial charge >= 0.3 is 0 Å². The summed E-state index contributed by atoms with van der Waals surface area (Å²) in [7, 11) is -5.19. The van der Waals surface area contributed by atoms with Gasteiger partial charge in [-0.25, -0.2) is 8.42 Å². The fourth-order valence-electron chi connectivity index (χ4n) is 6.19. The smallest absolute Gasteiger partial charge is 0.193 e. The standard InChI is InChI=1S/C29H22O10S2/c30-23(13-5-7-15-17(11-13)26(33)21(24(15)31)28(35)19-3-1-9-40(19)37)14-6-8-16-18(12-14)27(34)22(25(16)32)29(36)20-4-2-10-41(20,38)39/h5-8,11-12,19-22H,1-4,9-10H2. The monoisotopic (exact) mass is 594 g/mol. The molecule has 2 saturated heterocycles. The first-order chi connectivity index (χ1) is 19.4. The molecule has 5 unspecified atom stereocenters. The minimum Gasteiger partial charge on any atom is -0.297 e. The van der Waals surface area contributed by atoms with Crippen LogP contribution >= 0.6 is 0 Å². The summed E-state index contributed by atoms with van der Waals surface area (Å²) in [5.74, 6) is -8.62. The zero-order valence-electron chi connectivity index (χ0n) is 21.4. The highest BCUT2D eigenvalue weighted by Gasteiger charge is 2.50. The maximum Gasteiger partial charge on any atom is 0.193 e. The molecule has 0 spiro atoms. The Morgan fingerprint density at radius 2 is 1.20 bits per heavy atom. The van der Waals surface area contributed by atoms with Crippen LogP contribution in [0, 0.1) is 11.8 Å². The van der Waals surface area contributed by atoms with Gasteiger partial charge in [0.15, 0.2) is 50.3 Å². The van der Waals surface area contributed by atoms with Crippen LogP contribution in [0.25, 0.3) is 0 Å². The van der Waals surface area contributed by atoms with E-state index in [0.717, 1.165) is 6.07 Å². The van der Waals surface area contributed by atoms with Crippen molar-refractivity contribution in [3.8, 4) is 0 Å². The van der Waals surface area contributed by atoms with Gasteiger partial charge in [0.25, 0.3) is 0 Å². The summed E-state index contributed by atoms with van der Waals surface area (Å²) < 4.78 is 36.7. The highest BCUT2D eigenvalue weighted by Crippen LogP contribution is 2.35. The van der Waals surface area contributed by atoms with E-state index >= 15 is 0 Å². The summed E-state index contributed by atoms with van der Waals surface area (Å²) in [6.45, 7) is 0. The average Bonchev–Trinajstić information content (AvgIpc) is 3.66. The lowest BCUT2D eigenvalue weighted by atomic mass is 9.94. The van der Waals surface area contributed by atoms with Gasteiger partial charge in [-0.1, -0.05) is 12.1 Å². The van der Waals surface area contributed by atoms with Crippen molar-refractivity contribution in [2.45, 2.75) is 36.2 Å². The minimum absolute atomic E-state index is 0.00775. The van der Waals surface area contributed by atoms with E-state index in [9.17, 15) is 46.2 Å². The normalized spacial score (nSPS) is 28.1. The Balaban J connectivity index is 1.27. The van der Waals surface area contributed by atoms with E-state index in [1.165, 1.54) is 30.3 Å². The van der Waals surface area contributed by atoms with E-state index in [0.29, 0.717) is 18.6 Å². The van der Waals surface area contributed by atoms with Crippen LogP contribution in [-0.4, -0.2) is 75.1 Å². The molecular formula is C29H22O10S2. The highest BCUT2D eigenvalue weighted by atomic mass is 32.2. The Morgan fingerprint density at radius 1 is 0.683 bits per heavy atom. The van der Waals surface area contributed by atoms with E-state index in [4.69, 9.17) is 0 Å². The van der Waals surface area contributed by atoms with Crippen LogP contribution in [-0.2, 0) is 30.2 Å². The van der Waals surface area contributed by atoms with Gasteiger partial charge in [0.2, 0.25) is 0 Å². The van der Waals surface area contributed by atoms with E-state index in [-0.39, 0.29) is 52.0 Å². The van der Waals surface area contributed by atoms with Crippen molar-refractivity contribution >= 4 is 61.1 Å². The van der Waals surface area contributed by atoms with Crippen LogP contribution in [0.15, 0.2) is 36.4 Å². The Hall–Kier alpha value is -3.77. The van der Waals surface area contributed by atoms with Gasteiger partial charge in [0.1, 0.15) is 17.1 Å². The molecule has 41 heavy (non-hydrogen) atoms. The van der Waals surface area contributed by atoms with Crippen LogP contribution in [0.3, 0.4) is 0 Å². The summed E-state index contributed by atoms with van der Waals surface area (Å²) in [4.78, 5) is 91.3. The Bertz CT molecular complexity index is 1780. The molecule has 2 aliphatic heterocycles. The first kappa shape index (κ1) is 27.4. The quantitative estimate of drug-likeness (QED) is 0.353. The second-order valence-electron chi connectivity index (χ2n) is 10.7. The molecule has 0 bridgehead atoms. The lowest BCUT2D eigenvalue weighted by Gasteiger charge is -2.11. The number of rotatable bonds is 6. The van der Waals surface area contributed by atoms with Crippen molar-refractivity contribution in [1.82, 2.24) is 0 Å². The lowest BCUT2D eigenvalue weighted by molar-refractivity contribution is -0.120. The number of Topliss-reactive ketones (excluding diaryl/α,β-unsaturated/α-hetero) is 6. The van der Waals surface area contributed by atoms with Gasteiger partial charge in [-0.05, 0) is 49.9 Å². The lowest BCUT2D eigenvalue weighted by Crippen LogP contribution is -2.37. The Labute approximate surface area is 236 Å². The van der Waals surface area contributed by atoms with E-state index in [1.54, 1.807) is 0 Å². The Morgan fingerprint density at radius 3 is 1.66 bits per heavy atom. The number of fused-ring (bicyclic) bond motifs is 2. The maximum atomic E-state index is 13.4. The van der Waals surface area contributed by atoms with Crippen molar-refractivity contribution in [3.05, 3.63) is 69.8 Å². The zero-order chi connectivity index (χ0) is 29.4. The Kier molecular flexibility index (Phi) is 6.46. The third-order valence-corrected chi connectivity index (χ3v) is 12.3. The topological polar surface area (TPSA) is 171 Å². The van der Waals surface area contributed by atoms with Gasteiger partial charge in [0, 0.05) is 49.9 Å². The van der Waals surface area contributed by atoms with Gasteiger partial charge in [-0.2, -0.15) is 0 Å². The molecule has 0 amide bonds. The second kappa shape index (κ2) is 9.66. The molecule has 12 heteroatoms. The van der Waals surface area contributed by atoms with Crippen LogP contribution in [0.2, 0.25) is 0 Å². The van der Waals surface area contributed by atoms with Gasteiger partial charge < -0.3 is 0 Å². The molecular weight excluding hydrogens is 572 g/mol. The van der Waals surface area contributed by atoms with Crippen molar-refractivity contribution in [2.75, 3.05) is 11.5 Å². The number of hydrogen-bond acceptors (Lipinski definition) is 10. The zero-order valence-corrected chi connectivity index (χ0v) is 23.0. The van der Waals surface area contributed by atoms with Crippen molar-refractivity contribution in [1.29, 1.82) is 0 Å². The summed E-state index contributed by atoms with van der Waals surface area (Å²) in [5, 5.41) is -2.29. The molecule has 0 saturated carbocycles. The summed E-state index contributed by atoms with van der Waals surface area (Å²) in [6, 6.07) is 7.47. The molecule has 5 atom stereocenters. The largest absolute Gasteiger partial charge is 0.297 e. The summed E-state index contributed by atoms with van der Waals surface area (Å²) in [5.41, 5.74) is -0.399. The number of carbonyl (C=O) groups is 7. The molecule has 2 fully saturated rings. The number of sulfone groups is 1. The summed E-state index contributed by atoms with van der Waals surface area (Å²) in [6.07, 6.45) is 1.21. The van der Waals surface area contributed by atoms with Crippen LogP contribution in [0.5, 0.6) is 0 Å². The van der Waals surface area contributed by atoms with E-state index in [2.05, 4.69) is 0 Å². The number of ketones is 7. The van der Waals surface area contributed by atoms with E-state index < -0.39 is 83.5 Å². The van der Waals surface area contributed by atoms with Gasteiger partial charge in [-0.15, -0.1) is 0 Å². The molecule has 0 radical (unpaired) electrons. The van der Waals surface area contributed by atoms with Crippen molar-refractivity contribution in [3.63, 3.8) is 0 Å². The second-order valence-corrected chi connectivity index (χ2v) is 14.7. The SMILES string of the molecule is O=C(c1ccc2c(c1)C(=O)C(C(=O)C1CCCS1=O)C2=O)c1ccc2c(c1)C(=O)C(C(=O)C1CCCS1(=O)=O)C2=O. The molecule has 0 N–H and O–H groups in total.